The maximum Gasteiger partial charge on any atom is 0.160 e. The average Bonchev–Trinajstić information content (AvgIpc) is 3.79. The Hall–Kier alpha value is -6.52. The molecule has 1 unspecified atom stereocenters. The van der Waals surface area contributed by atoms with Gasteiger partial charge < -0.3 is 9.47 Å². The Bertz CT molecular complexity index is 2830. The molecule has 4 heteroatoms. The van der Waals surface area contributed by atoms with Crippen LogP contribution in [0, 0.1) is 0 Å². The zero-order valence-electron chi connectivity index (χ0n) is 30.7. The van der Waals surface area contributed by atoms with Crippen molar-refractivity contribution < 1.29 is 0 Å². The number of aryl methyl sites for hydroxylation is 1. The molecule has 0 saturated carbocycles. The van der Waals surface area contributed by atoms with Crippen LogP contribution in [0.25, 0.3) is 56.1 Å². The van der Waals surface area contributed by atoms with Gasteiger partial charge >= 0.3 is 0 Å². The zero-order valence-corrected chi connectivity index (χ0v) is 30.7. The number of rotatable bonds is 4. The van der Waals surface area contributed by atoms with Crippen molar-refractivity contribution in [2.45, 2.75) is 44.4 Å². The fourth-order valence-electron chi connectivity index (χ4n) is 9.56. The molecule has 0 radical (unpaired) electrons. The SMILES string of the molecule is C=C1/C=C\C=C/N(c2ccccc2)c2c1c1c(c3c4c(n(-c5cccc(-c6nc(C7C=CC=CC7)c7ccccc7n6)c5)c23)C=CCC4)CC2=C1C=CCC2. The first-order valence-electron chi connectivity index (χ1n) is 19.6. The van der Waals surface area contributed by atoms with E-state index in [1.54, 1.807) is 5.57 Å². The van der Waals surface area contributed by atoms with Crippen LogP contribution < -0.4 is 4.90 Å². The molecule has 6 aromatic rings. The van der Waals surface area contributed by atoms with Gasteiger partial charge in [-0.15, -0.1) is 0 Å². The van der Waals surface area contributed by atoms with E-state index >= 15 is 0 Å². The molecule has 3 heterocycles. The lowest BCUT2D eigenvalue weighted by molar-refractivity contribution is 0.823. The van der Waals surface area contributed by atoms with Gasteiger partial charge in [-0.2, -0.15) is 0 Å². The van der Waals surface area contributed by atoms with E-state index in [1.807, 2.05) is 0 Å². The van der Waals surface area contributed by atoms with Crippen LogP contribution in [0.3, 0.4) is 0 Å². The number of para-hydroxylation sites is 2. The third-order valence-corrected chi connectivity index (χ3v) is 12.0. The van der Waals surface area contributed by atoms with Crippen LogP contribution in [0.4, 0.5) is 11.4 Å². The molecule has 5 aliphatic rings. The summed E-state index contributed by atoms with van der Waals surface area (Å²) in [5, 5.41) is 2.51. The minimum atomic E-state index is 0.209. The van der Waals surface area contributed by atoms with Crippen molar-refractivity contribution >= 4 is 50.4 Å². The molecule has 264 valence electrons. The van der Waals surface area contributed by atoms with E-state index < -0.39 is 0 Å². The van der Waals surface area contributed by atoms with E-state index in [-0.39, 0.29) is 5.92 Å². The molecule has 0 saturated heterocycles. The maximum atomic E-state index is 5.34. The number of hydrogen-bond acceptors (Lipinski definition) is 3. The highest BCUT2D eigenvalue weighted by atomic mass is 15.1. The van der Waals surface area contributed by atoms with Crippen molar-refractivity contribution in [2.75, 3.05) is 4.90 Å². The van der Waals surface area contributed by atoms with Gasteiger partial charge in [0.25, 0.3) is 0 Å². The summed E-state index contributed by atoms with van der Waals surface area (Å²) < 4.78 is 2.54. The van der Waals surface area contributed by atoms with Crippen molar-refractivity contribution in [3.05, 3.63) is 192 Å². The summed E-state index contributed by atoms with van der Waals surface area (Å²) in [5.41, 5.74) is 18.4. The normalized spacial score (nSPS) is 19.3. The second-order valence-electron chi connectivity index (χ2n) is 15.2. The fraction of sp³-hybridized carbons (Fsp3) is 0.137. The van der Waals surface area contributed by atoms with E-state index in [0.717, 1.165) is 83.5 Å². The highest BCUT2D eigenvalue weighted by Crippen LogP contribution is 2.54. The lowest BCUT2D eigenvalue weighted by atomic mass is 9.86. The van der Waals surface area contributed by atoms with Crippen LogP contribution in [-0.2, 0) is 12.8 Å². The molecule has 1 aliphatic heterocycles. The summed E-state index contributed by atoms with van der Waals surface area (Å²) in [7, 11) is 0. The third-order valence-electron chi connectivity index (χ3n) is 12.0. The van der Waals surface area contributed by atoms with Gasteiger partial charge in [0.05, 0.1) is 22.4 Å². The minimum Gasteiger partial charge on any atom is -0.315 e. The summed E-state index contributed by atoms with van der Waals surface area (Å²) in [4.78, 5) is 12.9. The van der Waals surface area contributed by atoms with Crippen molar-refractivity contribution in [1.82, 2.24) is 14.5 Å². The topological polar surface area (TPSA) is 34.0 Å². The summed E-state index contributed by atoms with van der Waals surface area (Å²) in [6.45, 7) is 4.77. The molecule has 4 aromatic carbocycles. The van der Waals surface area contributed by atoms with Crippen LogP contribution in [0.2, 0.25) is 0 Å². The Labute approximate surface area is 321 Å². The van der Waals surface area contributed by atoms with Crippen LogP contribution in [0.15, 0.2) is 158 Å². The number of aromatic nitrogens is 3. The molecular formula is C51H40N4. The van der Waals surface area contributed by atoms with Gasteiger partial charge in [-0.25, -0.2) is 9.97 Å². The first kappa shape index (κ1) is 32.0. The largest absolute Gasteiger partial charge is 0.315 e. The number of allylic oxidation sites excluding steroid dienone is 13. The predicted molar refractivity (Wildman–Crippen MR) is 230 cm³/mol. The highest BCUT2D eigenvalue weighted by molar-refractivity contribution is 6.13. The quantitative estimate of drug-likeness (QED) is 0.183. The molecule has 0 fully saturated rings. The maximum absolute atomic E-state index is 5.34. The van der Waals surface area contributed by atoms with Gasteiger partial charge in [-0.3, -0.25) is 0 Å². The van der Waals surface area contributed by atoms with Crippen LogP contribution >= 0.6 is 0 Å². The van der Waals surface area contributed by atoms with Crippen molar-refractivity contribution in [3.63, 3.8) is 0 Å². The minimum absolute atomic E-state index is 0.209. The fourth-order valence-corrected chi connectivity index (χ4v) is 9.56. The summed E-state index contributed by atoms with van der Waals surface area (Å²) >= 11 is 0. The van der Waals surface area contributed by atoms with E-state index in [0.29, 0.717) is 0 Å². The van der Waals surface area contributed by atoms with Crippen LogP contribution in [0.1, 0.15) is 65.2 Å². The average molecular weight is 709 g/mol. The summed E-state index contributed by atoms with van der Waals surface area (Å²) in [6, 6.07) is 28.1. The highest BCUT2D eigenvalue weighted by Gasteiger charge is 2.36. The van der Waals surface area contributed by atoms with Crippen LogP contribution in [-0.4, -0.2) is 14.5 Å². The molecule has 55 heavy (non-hydrogen) atoms. The first-order valence-corrected chi connectivity index (χ1v) is 19.6. The third kappa shape index (κ3) is 5.05. The number of benzene rings is 4. The molecular weight excluding hydrogens is 669 g/mol. The lowest BCUT2D eigenvalue weighted by Crippen LogP contribution is -2.15. The van der Waals surface area contributed by atoms with E-state index in [9.17, 15) is 0 Å². The van der Waals surface area contributed by atoms with Crippen molar-refractivity contribution in [2.24, 2.45) is 0 Å². The first-order chi connectivity index (χ1) is 27.2. The molecule has 0 spiro atoms. The van der Waals surface area contributed by atoms with E-state index in [1.165, 1.54) is 50.1 Å². The molecule has 0 amide bonds. The number of fused-ring (bicyclic) bond motifs is 10. The van der Waals surface area contributed by atoms with Gasteiger partial charge in [0, 0.05) is 51.1 Å². The number of anilines is 2. The van der Waals surface area contributed by atoms with Gasteiger partial charge in [0.15, 0.2) is 5.82 Å². The second kappa shape index (κ2) is 12.8. The molecule has 11 rings (SSSR count). The molecule has 4 nitrogen and oxygen atoms in total. The Morgan fingerprint density at radius 3 is 2.47 bits per heavy atom. The standard InChI is InChI=1S/C51H40N4/c1-33-17-14-15-30-54(37-22-6-3-7-23-37)49-45(33)46-39-25-9-8-20-35(39)32-42(46)47-41-27-11-13-29-44(41)55(50(47)49)38-24-16-21-36(31-38)51-52-43-28-12-10-26-40(43)48(53-51)34-18-4-2-5-19-34/h2-7,9-10,12-18,21-26,28-31,34H,1,8,11,19-20,27,32H2/b17-14-,30-15-. The van der Waals surface area contributed by atoms with Gasteiger partial charge in [-0.05, 0) is 109 Å². The van der Waals surface area contributed by atoms with Gasteiger partial charge in [0.1, 0.15) is 0 Å². The smallest absolute Gasteiger partial charge is 0.160 e. The molecule has 0 N–H and O–H groups in total. The van der Waals surface area contributed by atoms with Crippen molar-refractivity contribution in [1.29, 1.82) is 0 Å². The monoisotopic (exact) mass is 708 g/mol. The van der Waals surface area contributed by atoms with E-state index in [4.69, 9.17) is 16.5 Å². The Kier molecular flexibility index (Phi) is 7.44. The molecule has 2 aromatic heterocycles. The second-order valence-corrected chi connectivity index (χ2v) is 15.2. The van der Waals surface area contributed by atoms with Crippen molar-refractivity contribution in [3.8, 4) is 17.1 Å². The van der Waals surface area contributed by atoms with Gasteiger partial charge in [-0.1, -0.05) is 115 Å². The Morgan fingerprint density at radius 1 is 0.709 bits per heavy atom. The summed E-state index contributed by atoms with van der Waals surface area (Å²) in [6.07, 6.45) is 33.1. The zero-order chi connectivity index (χ0) is 36.5. The Balaban J connectivity index is 1.22. The van der Waals surface area contributed by atoms with Gasteiger partial charge in [0.2, 0.25) is 0 Å². The van der Waals surface area contributed by atoms with E-state index in [2.05, 4.69) is 161 Å². The molecule has 1 atom stereocenters. The Morgan fingerprint density at radius 2 is 1.56 bits per heavy atom. The lowest BCUT2D eigenvalue weighted by Gasteiger charge is -2.29. The molecule has 0 bridgehead atoms. The predicted octanol–water partition coefficient (Wildman–Crippen LogP) is 12.7. The number of nitrogens with zero attached hydrogens (tertiary/aromatic N) is 4. The summed E-state index contributed by atoms with van der Waals surface area (Å²) in [5.74, 6) is 0.965. The molecule has 4 aliphatic carbocycles. The number of hydrogen-bond donors (Lipinski definition) is 0. The van der Waals surface area contributed by atoms with Crippen LogP contribution in [0.5, 0.6) is 0 Å².